The van der Waals surface area contributed by atoms with Gasteiger partial charge in [0.1, 0.15) is 11.4 Å². The lowest BCUT2D eigenvalue weighted by Gasteiger charge is -2.27. The van der Waals surface area contributed by atoms with E-state index in [1.54, 1.807) is 17.0 Å². The number of nitrogens with zero attached hydrogens (tertiary/aromatic N) is 2. The Bertz CT molecular complexity index is 600. The zero-order valence-corrected chi connectivity index (χ0v) is 15.2. The van der Waals surface area contributed by atoms with E-state index in [4.69, 9.17) is 9.47 Å². The summed E-state index contributed by atoms with van der Waals surface area (Å²) in [5, 5.41) is 0. The minimum absolute atomic E-state index is 0.225. The van der Waals surface area contributed by atoms with E-state index < -0.39 is 5.60 Å². The zero-order valence-electron chi connectivity index (χ0n) is 15.2. The normalized spacial score (nSPS) is 26.9. The Balaban J connectivity index is 1.64. The van der Waals surface area contributed by atoms with Crippen molar-refractivity contribution < 1.29 is 18.7 Å². The summed E-state index contributed by atoms with van der Waals surface area (Å²) in [4.78, 5) is 16.6. The second kappa shape index (κ2) is 7.30. The fourth-order valence-electron chi connectivity index (χ4n) is 3.23. The Morgan fingerprint density at radius 1 is 1.28 bits per heavy atom. The van der Waals surface area contributed by atoms with Crippen molar-refractivity contribution in [1.82, 2.24) is 9.80 Å². The van der Waals surface area contributed by atoms with E-state index in [1.807, 2.05) is 20.8 Å². The average molecular weight is 350 g/mol. The van der Waals surface area contributed by atoms with Crippen LogP contribution < -0.4 is 0 Å². The van der Waals surface area contributed by atoms with Crippen LogP contribution >= 0.6 is 0 Å². The van der Waals surface area contributed by atoms with Gasteiger partial charge in [-0.1, -0.05) is 12.1 Å². The van der Waals surface area contributed by atoms with Gasteiger partial charge in [0.2, 0.25) is 0 Å². The monoisotopic (exact) mass is 350 g/mol. The van der Waals surface area contributed by atoms with Crippen LogP contribution in [0.1, 0.15) is 32.8 Å². The van der Waals surface area contributed by atoms with Gasteiger partial charge in [0.15, 0.2) is 0 Å². The molecule has 1 amide bonds. The molecule has 5 nitrogen and oxygen atoms in total. The fraction of sp³-hybridized carbons (Fsp3) is 0.632. The van der Waals surface area contributed by atoms with Crippen LogP contribution in [0.5, 0.6) is 0 Å². The third-order valence-electron chi connectivity index (χ3n) is 4.55. The summed E-state index contributed by atoms with van der Waals surface area (Å²) < 4.78 is 24.3. The predicted octanol–water partition coefficient (Wildman–Crippen LogP) is 3.04. The van der Waals surface area contributed by atoms with E-state index in [0.717, 1.165) is 18.5 Å². The molecular formula is C19H27FN2O3. The highest BCUT2D eigenvalue weighted by molar-refractivity contribution is 5.68. The first-order valence-corrected chi connectivity index (χ1v) is 8.89. The van der Waals surface area contributed by atoms with Crippen molar-refractivity contribution in [1.29, 1.82) is 0 Å². The molecule has 138 valence electrons. The largest absolute Gasteiger partial charge is 0.444 e. The maximum absolute atomic E-state index is 13.1. The third kappa shape index (κ3) is 4.92. The highest BCUT2D eigenvalue weighted by Gasteiger charge is 2.49. The van der Waals surface area contributed by atoms with Crippen LogP contribution in [0.15, 0.2) is 24.3 Å². The minimum Gasteiger partial charge on any atom is -0.444 e. The number of hydrogen-bond acceptors (Lipinski definition) is 4. The second-order valence-electron chi connectivity index (χ2n) is 7.79. The van der Waals surface area contributed by atoms with Crippen LogP contribution in [-0.2, 0) is 16.0 Å². The molecule has 0 N–H and O–H groups in total. The van der Waals surface area contributed by atoms with Gasteiger partial charge in [-0.05, 0) is 44.9 Å². The predicted molar refractivity (Wildman–Crippen MR) is 92.8 cm³/mol. The molecule has 25 heavy (non-hydrogen) atoms. The van der Waals surface area contributed by atoms with Gasteiger partial charge in [-0.3, -0.25) is 4.90 Å². The third-order valence-corrected chi connectivity index (χ3v) is 4.55. The molecule has 3 unspecified atom stereocenters. The first kappa shape index (κ1) is 18.1. The SMILES string of the molecule is CC(C)(C)OC(=O)N1CCCOCC2C(C1)N2Cc1ccc(F)cc1. The number of amides is 1. The molecule has 3 rings (SSSR count). The fourth-order valence-corrected chi connectivity index (χ4v) is 3.23. The van der Waals surface area contributed by atoms with Gasteiger partial charge < -0.3 is 14.4 Å². The van der Waals surface area contributed by atoms with E-state index in [0.29, 0.717) is 32.3 Å². The topological polar surface area (TPSA) is 41.8 Å². The van der Waals surface area contributed by atoms with Crippen LogP contribution in [0.3, 0.4) is 0 Å². The van der Waals surface area contributed by atoms with Crippen molar-refractivity contribution in [2.24, 2.45) is 0 Å². The Morgan fingerprint density at radius 2 is 2.00 bits per heavy atom. The van der Waals surface area contributed by atoms with Crippen molar-refractivity contribution in [3.63, 3.8) is 0 Å². The van der Waals surface area contributed by atoms with Crippen molar-refractivity contribution >= 4 is 6.09 Å². The zero-order chi connectivity index (χ0) is 18.0. The molecule has 3 atom stereocenters. The molecule has 0 aliphatic carbocycles. The van der Waals surface area contributed by atoms with Crippen LogP contribution in [0.25, 0.3) is 0 Å². The summed E-state index contributed by atoms with van der Waals surface area (Å²) in [5.41, 5.74) is 0.567. The molecule has 6 heteroatoms. The molecule has 2 heterocycles. The standard InChI is InChI=1S/C19H27FN2O3/c1-19(2,3)25-18(23)21-9-4-10-24-13-17-16(12-21)22(17)11-14-5-7-15(20)8-6-14/h5-8,16-17H,4,9-13H2,1-3H3. The van der Waals surface area contributed by atoms with Gasteiger partial charge in [0.25, 0.3) is 0 Å². The van der Waals surface area contributed by atoms with E-state index in [2.05, 4.69) is 4.90 Å². The molecule has 0 bridgehead atoms. The number of carbonyl (C=O) groups excluding carboxylic acids is 1. The Hall–Kier alpha value is -1.66. The molecule has 0 radical (unpaired) electrons. The van der Waals surface area contributed by atoms with Gasteiger partial charge in [0, 0.05) is 32.3 Å². The molecule has 0 saturated carbocycles. The summed E-state index contributed by atoms with van der Waals surface area (Å²) in [6.45, 7) is 8.98. The highest BCUT2D eigenvalue weighted by atomic mass is 19.1. The molecule has 0 aromatic heterocycles. The molecule has 2 saturated heterocycles. The number of carbonyl (C=O) groups is 1. The summed E-state index contributed by atoms with van der Waals surface area (Å²) in [6.07, 6.45) is 0.554. The van der Waals surface area contributed by atoms with E-state index in [1.165, 1.54) is 12.1 Å². The highest BCUT2D eigenvalue weighted by Crippen LogP contribution is 2.33. The number of halogens is 1. The number of rotatable bonds is 2. The molecule has 2 aliphatic rings. The number of hydrogen-bond donors (Lipinski definition) is 0. The van der Waals surface area contributed by atoms with Crippen LogP contribution in [0.4, 0.5) is 9.18 Å². The summed E-state index contributed by atoms with van der Waals surface area (Å²) in [5.74, 6) is -0.225. The Labute approximate surface area is 148 Å². The van der Waals surface area contributed by atoms with Gasteiger partial charge in [-0.25, -0.2) is 9.18 Å². The molecule has 0 spiro atoms. The maximum atomic E-state index is 13.1. The quantitative estimate of drug-likeness (QED) is 0.769. The number of ether oxygens (including phenoxy) is 2. The lowest BCUT2D eigenvalue weighted by molar-refractivity contribution is 0.0230. The first-order chi connectivity index (χ1) is 11.8. The van der Waals surface area contributed by atoms with Gasteiger partial charge in [-0.15, -0.1) is 0 Å². The van der Waals surface area contributed by atoms with Crippen molar-refractivity contribution in [2.45, 2.75) is 51.4 Å². The number of benzene rings is 1. The summed E-state index contributed by atoms with van der Waals surface area (Å²) in [7, 11) is 0. The molecule has 2 fully saturated rings. The summed E-state index contributed by atoms with van der Waals surface area (Å²) >= 11 is 0. The summed E-state index contributed by atoms with van der Waals surface area (Å²) in [6, 6.07) is 7.13. The smallest absolute Gasteiger partial charge is 0.410 e. The van der Waals surface area contributed by atoms with Crippen molar-refractivity contribution in [2.75, 3.05) is 26.3 Å². The Morgan fingerprint density at radius 3 is 2.68 bits per heavy atom. The molecular weight excluding hydrogens is 323 g/mol. The van der Waals surface area contributed by atoms with Crippen LogP contribution in [-0.4, -0.2) is 59.9 Å². The van der Waals surface area contributed by atoms with Gasteiger partial charge in [0.05, 0.1) is 12.6 Å². The van der Waals surface area contributed by atoms with Crippen molar-refractivity contribution in [3.8, 4) is 0 Å². The van der Waals surface area contributed by atoms with E-state index in [-0.39, 0.29) is 18.0 Å². The molecule has 2 aliphatic heterocycles. The van der Waals surface area contributed by atoms with Crippen LogP contribution in [0, 0.1) is 5.82 Å². The first-order valence-electron chi connectivity index (χ1n) is 8.89. The van der Waals surface area contributed by atoms with Crippen molar-refractivity contribution in [3.05, 3.63) is 35.6 Å². The lowest BCUT2D eigenvalue weighted by atomic mass is 10.2. The van der Waals surface area contributed by atoms with Gasteiger partial charge >= 0.3 is 6.09 Å². The lowest BCUT2D eigenvalue weighted by Crippen LogP contribution is -2.40. The molecule has 1 aromatic rings. The van der Waals surface area contributed by atoms with E-state index in [9.17, 15) is 9.18 Å². The van der Waals surface area contributed by atoms with Gasteiger partial charge in [-0.2, -0.15) is 0 Å². The van der Waals surface area contributed by atoms with E-state index >= 15 is 0 Å². The van der Waals surface area contributed by atoms with Crippen LogP contribution in [0.2, 0.25) is 0 Å². The average Bonchev–Trinajstić information content (AvgIpc) is 3.14. The Kier molecular flexibility index (Phi) is 5.29. The molecule has 1 aromatic carbocycles. The minimum atomic E-state index is -0.497. The second-order valence-corrected chi connectivity index (χ2v) is 7.79. The maximum Gasteiger partial charge on any atom is 0.410 e. The number of fused-ring (bicyclic) bond motifs is 1.